The van der Waals surface area contributed by atoms with Gasteiger partial charge in [-0.05, 0) is 12.1 Å². The van der Waals surface area contributed by atoms with Crippen LogP contribution in [0.3, 0.4) is 0 Å². The number of anilines is 1. The lowest BCUT2D eigenvalue weighted by atomic mass is 10.2. The summed E-state index contributed by atoms with van der Waals surface area (Å²) in [4.78, 5) is 10.9. The number of hydrogen-bond donors (Lipinski definition) is 2. The predicted molar refractivity (Wildman–Crippen MR) is 49.0 cm³/mol. The molecule has 0 atom stereocenters. The van der Waals surface area contributed by atoms with Gasteiger partial charge in [-0.25, -0.2) is 4.79 Å². The molecule has 2 N–H and O–H groups in total. The van der Waals surface area contributed by atoms with Crippen molar-refractivity contribution in [3.63, 3.8) is 0 Å². The molecule has 1 aromatic rings. The van der Waals surface area contributed by atoms with E-state index in [4.69, 9.17) is 5.11 Å². The molecule has 0 amide bonds. The smallest absolute Gasteiger partial charge is 0.335 e. The third-order valence-corrected chi connectivity index (χ3v) is 1.43. The number of carbonyl (C=O) groups is 1. The first-order valence-corrected chi connectivity index (χ1v) is 3.80. The number of rotatable bonds is 3. The molecule has 0 saturated carbocycles. The van der Waals surface area contributed by atoms with Crippen LogP contribution in [0.1, 0.15) is 10.4 Å². The van der Waals surface area contributed by atoms with Gasteiger partial charge in [0.2, 0.25) is 0 Å². The predicted octanol–water partition coefficient (Wildman–Crippen LogP) is 1.30. The number of nitrogens with zero attached hydrogens (tertiary/aromatic N) is 2. The molecular formula is C8H9N3O3. The fourth-order valence-electron chi connectivity index (χ4n) is 0.850. The van der Waals surface area contributed by atoms with Crippen LogP contribution in [-0.2, 0) is 0 Å². The first-order chi connectivity index (χ1) is 6.59. The molecule has 0 aromatic heterocycles. The highest BCUT2D eigenvalue weighted by Crippen LogP contribution is 2.10. The molecule has 1 rings (SSSR count). The van der Waals surface area contributed by atoms with Gasteiger partial charge in [0.25, 0.3) is 0 Å². The maximum atomic E-state index is 10.6. The van der Waals surface area contributed by atoms with E-state index in [1.165, 1.54) is 19.2 Å². The van der Waals surface area contributed by atoms with Crippen molar-refractivity contribution in [2.45, 2.75) is 0 Å². The van der Waals surface area contributed by atoms with E-state index in [1.807, 2.05) is 0 Å². The second kappa shape index (κ2) is 4.22. The topological polar surface area (TPSA) is 87.8 Å². The van der Waals surface area contributed by atoms with Crippen LogP contribution >= 0.6 is 0 Å². The Balaban J connectivity index is 2.84. The standard InChI is InChI=1S/C8H9N3O3/c1-11(14)10-9-7-4-2-3-6(5-7)8(12)13/h2-5,9H,1H3,(H,12,13)/b11-10+. The molecule has 0 aliphatic rings. The summed E-state index contributed by atoms with van der Waals surface area (Å²) < 4.78 is 0. The van der Waals surface area contributed by atoms with Crippen LogP contribution in [-0.4, -0.2) is 23.0 Å². The highest BCUT2D eigenvalue weighted by Gasteiger charge is 2.04. The SMILES string of the molecule is C/[N+]([O-])=N\Nc1cccc(C(=O)O)c1. The van der Waals surface area contributed by atoms with Gasteiger partial charge in [-0.2, -0.15) is 4.86 Å². The van der Waals surface area contributed by atoms with Crippen molar-refractivity contribution >= 4 is 11.7 Å². The van der Waals surface area contributed by atoms with Gasteiger partial charge in [0.05, 0.1) is 10.8 Å². The van der Waals surface area contributed by atoms with Crippen molar-refractivity contribution in [2.75, 3.05) is 12.5 Å². The number of nitrogens with one attached hydrogen (secondary N) is 1. The van der Waals surface area contributed by atoms with Crippen LogP contribution in [0.5, 0.6) is 0 Å². The van der Waals surface area contributed by atoms with Gasteiger partial charge in [0.15, 0.2) is 0 Å². The molecule has 0 unspecified atom stereocenters. The number of benzene rings is 1. The Hall–Kier alpha value is -2.11. The molecule has 6 heteroatoms. The summed E-state index contributed by atoms with van der Waals surface area (Å²) in [5.41, 5.74) is 3.00. The lowest BCUT2D eigenvalue weighted by Gasteiger charge is -1.98. The fourth-order valence-corrected chi connectivity index (χ4v) is 0.850. The number of carboxylic acids is 1. The quantitative estimate of drug-likeness (QED) is 0.432. The van der Waals surface area contributed by atoms with E-state index in [0.717, 1.165) is 0 Å². The molecule has 0 saturated heterocycles. The minimum absolute atomic E-state index is 0.138. The maximum Gasteiger partial charge on any atom is 0.335 e. The number of hydrogen-bond acceptors (Lipinski definition) is 3. The third kappa shape index (κ3) is 2.74. The zero-order valence-corrected chi connectivity index (χ0v) is 7.47. The number of carboxylic acid groups (broad SMARTS) is 1. The second-order valence-electron chi connectivity index (χ2n) is 2.56. The van der Waals surface area contributed by atoms with Crippen molar-refractivity contribution < 1.29 is 14.8 Å². The Morgan fingerprint density at radius 2 is 2.36 bits per heavy atom. The lowest BCUT2D eigenvalue weighted by molar-refractivity contribution is -0.497. The Labute approximate surface area is 80.0 Å². The van der Waals surface area contributed by atoms with Gasteiger partial charge < -0.3 is 10.3 Å². The van der Waals surface area contributed by atoms with Crippen molar-refractivity contribution in [1.29, 1.82) is 0 Å². The molecule has 0 aliphatic carbocycles. The molecule has 74 valence electrons. The van der Waals surface area contributed by atoms with Gasteiger partial charge in [0.1, 0.15) is 12.7 Å². The lowest BCUT2D eigenvalue weighted by Crippen LogP contribution is -1.99. The zero-order valence-electron chi connectivity index (χ0n) is 7.47. The molecule has 6 nitrogen and oxygen atoms in total. The first-order valence-electron chi connectivity index (χ1n) is 3.80. The minimum Gasteiger partial charge on any atom is -0.696 e. The number of aromatic carboxylic acids is 1. The highest BCUT2D eigenvalue weighted by molar-refractivity contribution is 5.88. The molecule has 0 bridgehead atoms. The molecule has 0 fully saturated rings. The van der Waals surface area contributed by atoms with E-state index in [0.29, 0.717) is 10.5 Å². The van der Waals surface area contributed by atoms with E-state index in [9.17, 15) is 10.0 Å². The van der Waals surface area contributed by atoms with Gasteiger partial charge in [0, 0.05) is 6.07 Å². The molecule has 0 radical (unpaired) electrons. The van der Waals surface area contributed by atoms with Crippen LogP contribution in [0.2, 0.25) is 0 Å². The molecular weight excluding hydrogens is 186 g/mol. The molecule has 14 heavy (non-hydrogen) atoms. The van der Waals surface area contributed by atoms with E-state index in [1.54, 1.807) is 12.1 Å². The third-order valence-electron chi connectivity index (χ3n) is 1.43. The largest absolute Gasteiger partial charge is 0.696 e. The number of hydroxylamine groups is 1. The average Bonchev–Trinajstić information content (AvgIpc) is 2.15. The summed E-state index contributed by atoms with van der Waals surface area (Å²) in [5, 5.41) is 22.4. The molecule has 0 spiro atoms. The fraction of sp³-hybridized carbons (Fsp3) is 0.125. The molecule has 0 heterocycles. The Bertz CT molecular complexity index is 372. The van der Waals surface area contributed by atoms with Crippen LogP contribution in [0.25, 0.3) is 0 Å². The monoisotopic (exact) mass is 195 g/mol. The Morgan fingerprint density at radius 3 is 2.93 bits per heavy atom. The molecule has 0 aliphatic heterocycles. The van der Waals surface area contributed by atoms with Crippen molar-refractivity contribution in [1.82, 2.24) is 0 Å². The normalized spacial score (nSPS) is 11.1. The van der Waals surface area contributed by atoms with Crippen LogP contribution in [0.4, 0.5) is 5.69 Å². The highest BCUT2D eigenvalue weighted by atomic mass is 16.5. The Morgan fingerprint density at radius 1 is 1.64 bits per heavy atom. The summed E-state index contributed by atoms with van der Waals surface area (Å²) in [6, 6.07) is 6.01. The second-order valence-corrected chi connectivity index (χ2v) is 2.56. The maximum absolute atomic E-state index is 10.6. The van der Waals surface area contributed by atoms with Crippen LogP contribution in [0.15, 0.2) is 29.5 Å². The Kier molecular flexibility index (Phi) is 3.01. The summed E-state index contributed by atoms with van der Waals surface area (Å²) in [6.07, 6.45) is 0. The summed E-state index contributed by atoms with van der Waals surface area (Å²) in [5.74, 6) is -1.02. The van der Waals surface area contributed by atoms with E-state index in [-0.39, 0.29) is 5.56 Å². The van der Waals surface area contributed by atoms with Gasteiger partial charge >= 0.3 is 5.97 Å². The molecule has 1 aromatic carbocycles. The van der Waals surface area contributed by atoms with Crippen LogP contribution < -0.4 is 5.43 Å². The van der Waals surface area contributed by atoms with E-state index in [2.05, 4.69) is 10.6 Å². The average molecular weight is 195 g/mol. The van der Waals surface area contributed by atoms with E-state index < -0.39 is 5.97 Å². The van der Waals surface area contributed by atoms with Crippen molar-refractivity contribution in [3.05, 3.63) is 35.0 Å². The van der Waals surface area contributed by atoms with Gasteiger partial charge in [-0.3, -0.25) is 0 Å². The van der Waals surface area contributed by atoms with Crippen molar-refractivity contribution in [3.8, 4) is 0 Å². The van der Waals surface area contributed by atoms with Crippen LogP contribution in [0, 0.1) is 5.21 Å². The van der Waals surface area contributed by atoms with Crippen molar-refractivity contribution in [2.24, 2.45) is 5.22 Å². The summed E-state index contributed by atoms with van der Waals surface area (Å²) >= 11 is 0. The van der Waals surface area contributed by atoms with Gasteiger partial charge in [-0.15, -0.1) is 5.43 Å². The van der Waals surface area contributed by atoms with E-state index >= 15 is 0 Å². The summed E-state index contributed by atoms with van der Waals surface area (Å²) in [6.45, 7) is 0. The van der Waals surface area contributed by atoms with Gasteiger partial charge in [-0.1, -0.05) is 6.07 Å². The summed E-state index contributed by atoms with van der Waals surface area (Å²) in [7, 11) is 1.22. The first kappa shape index (κ1) is 9.97. The minimum atomic E-state index is -1.02. The zero-order chi connectivity index (χ0) is 10.6.